The summed E-state index contributed by atoms with van der Waals surface area (Å²) in [6.07, 6.45) is -0.118. The molecule has 0 aliphatic heterocycles. The van der Waals surface area contributed by atoms with Gasteiger partial charge >= 0.3 is 0 Å². The molecule has 0 bridgehead atoms. The van der Waals surface area contributed by atoms with E-state index in [1.165, 1.54) is 0 Å². The van der Waals surface area contributed by atoms with Gasteiger partial charge in [-0.3, -0.25) is 0 Å². The van der Waals surface area contributed by atoms with Crippen LogP contribution in [0, 0.1) is 5.82 Å². The minimum atomic E-state index is -0.707. The van der Waals surface area contributed by atoms with Gasteiger partial charge in [0.1, 0.15) is 5.82 Å². The second-order valence-corrected chi connectivity index (χ2v) is 5.39. The smallest absolute Gasteiger partial charge is 0.143 e. The number of hydrogen-bond acceptors (Lipinski definition) is 2. The first-order valence-corrected chi connectivity index (χ1v) is 6.81. The quantitative estimate of drug-likeness (QED) is 0.834. The maximum atomic E-state index is 13.5. The summed E-state index contributed by atoms with van der Waals surface area (Å²) in [4.78, 5) is 0. The van der Waals surface area contributed by atoms with Crippen molar-refractivity contribution in [3.63, 3.8) is 0 Å². The maximum Gasteiger partial charge on any atom is 0.143 e. The van der Waals surface area contributed by atoms with Crippen molar-refractivity contribution in [2.24, 2.45) is 0 Å². The molecular weight excluding hydrogens is 279 g/mol. The van der Waals surface area contributed by atoms with Gasteiger partial charge in [0.2, 0.25) is 0 Å². The fraction of sp³-hybridized carbons (Fsp3) is 0.455. The van der Waals surface area contributed by atoms with Gasteiger partial charge in [-0.1, -0.05) is 19.1 Å². The zero-order valence-corrected chi connectivity index (χ0v) is 10.9. The Bertz CT molecular complexity index is 319. The number of halogens is 2. The largest absolute Gasteiger partial charge is 0.388 e. The number of hydrogen-bond donors (Lipinski definition) is 1. The van der Waals surface area contributed by atoms with Crippen LogP contribution in [-0.2, 0) is 0 Å². The zero-order chi connectivity index (χ0) is 11.3. The molecule has 4 heteroatoms. The predicted molar refractivity (Wildman–Crippen MR) is 66.7 cm³/mol. The van der Waals surface area contributed by atoms with Gasteiger partial charge in [0.05, 0.1) is 10.6 Å². The van der Waals surface area contributed by atoms with E-state index < -0.39 is 6.10 Å². The highest BCUT2D eigenvalue weighted by molar-refractivity contribution is 9.10. The topological polar surface area (TPSA) is 20.2 Å². The van der Waals surface area contributed by atoms with Gasteiger partial charge < -0.3 is 5.11 Å². The molecule has 0 radical (unpaired) electrons. The molecule has 84 valence electrons. The molecular formula is C11H14BrFOS. The van der Waals surface area contributed by atoms with Crippen LogP contribution >= 0.6 is 27.7 Å². The summed E-state index contributed by atoms with van der Waals surface area (Å²) in [5.74, 6) is 1.52. The lowest BCUT2D eigenvalue weighted by Gasteiger charge is -2.12. The Labute approximate surface area is 102 Å². The third-order valence-electron chi connectivity index (χ3n) is 2.08. The first-order chi connectivity index (χ1) is 7.16. The van der Waals surface area contributed by atoms with Crippen LogP contribution < -0.4 is 0 Å². The van der Waals surface area contributed by atoms with Crippen LogP contribution in [0.3, 0.4) is 0 Å². The third kappa shape index (κ3) is 3.78. The van der Waals surface area contributed by atoms with Crippen molar-refractivity contribution in [3.05, 3.63) is 34.1 Å². The summed E-state index contributed by atoms with van der Waals surface area (Å²) in [7, 11) is 0. The number of benzene rings is 1. The van der Waals surface area contributed by atoms with Gasteiger partial charge in [-0.25, -0.2) is 4.39 Å². The van der Waals surface area contributed by atoms with Crippen LogP contribution in [0.25, 0.3) is 0 Å². The van der Waals surface area contributed by atoms with E-state index in [1.54, 1.807) is 30.0 Å². The second kappa shape index (κ2) is 6.51. The average molecular weight is 293 g/mol. The van der Waals surface area contributed by atoms with Gasteiger partial charge in [0.25, 0.3) is 0 Å². The lowest BCUT2D eigenvalue weighted by Crippen LogP contribution is -2.02. The summed E-state index contributed by atoms with van der Waals surface area (Å²) in [5, 5.41) is 9.78. The van der Waals surface area contributed by atoms with E-state index in [4.69, 9.17) is 0 Å². The Kier molecular flexibility index (Phi) is 5.64. The Balaban J connectivity index is 2.65. The normalized spacial score (nSPS) is 12.8. The van der Waals surface area contributed by atoms with Gasteiger partial charge in [0.15, 0.2) is 0 Å². The van der Waals surface area contributed by atoms with Gasteiger partial charge in [-0.2, -0.15) is 11.8 Å². The van der Waals surface area contributed by atoms with Crippen molar-refractivity contribution in [1.29, 1.82) is 0 Å². The van der Waals surface area contributed by atoms with E-state index in [0.29, 0.717) is 16.5 Å². The molecule has 0 spiro atoms. The van der Waals surface area contributed by atoms with Crippen molar-refractivity contribution < 1.29 is 9.50 Å². The lowest BCUT2D eigenvalue weighted by atomic mass is 10.1. The van der Waals surface area contributed by atoms with Crippen LogP contribution in [0.1, 0.15) is 25.0 Å². The fourth-order valence-electron chi connectivity index (χ4n) is 1.27. The highest BCUT2D eigenvalue weighted by atomic mass is 79.9. The molecule has 0 fully saturated rings. The highest BCUT2D eigenvalue weighted by Crippen LogP contribution is 2.26. The minimum Gasteiger partial charge on any atom is -0.388 e. The van der Waals surface area contributed by atoms with Crippen LogP contribution in [0.4, 0.5) is 4.39 Å². The molecule has 1 N–H and O–H groups in total. The Morgan fingerprint density at radius 3 is 2.93 bits per heavy atom. The molecule has 0 aromatic heterocycles. The molecule has 1 aromatic rings. The maximum absolute atomic E-state index is 13.5. The first kappa shape index (κ1) is 13.0. The van der Waals surface area contributed by atoms with E-state index in [1.807, 2.05) is 0 Å². The SMILES string of the molecule is CCSCCC(O)c1cccc(Br)c1F. The number of thioether (sulfide) groups is 1. The third-order valence-corrected chi connectivity index (χ3v) is 3.63. The van der Waals surface area contributed by atoms with Crippen molar-refractivity contribution in [2.45, 2.75) is 19.4 Å². The van der Waals surface area contributed by atoms with E-state index in [2.05, 4.69) is 22.9 Å². The second-order valence-electron chi connectivity index (χ2n) is 3.14. The Morgan fingerprint density at radius 2 is 2.27 bits per heavy atom. The molecule has 1 rings (SSSR count). The van der Waals surface area contributed by atoms with Gasteiger partial charge in [0, 0.05) is 5.56 Å². The molecule has 0 heterocycles. The van der Waals surface area contributed by atoms with Crippen molar-refractivity contribution in [1.82, 2.24) is 0 Å². The first-order valence-electron chi connectivity index (χ1n) is 4.86. The van der Waals surface area contributed by atoms with E-state index in [-0.39, 0.29) is 5.82 Å². The highest BCUT2D eigenvalue weighted by Gasteiger charge is 2.13. The molecule has 1 unspecified atom stereocenters. The molecule has 1 aromatic carbocycles. The summed E-state index contributed by atoms with van der Waals surface area (Å²) in [5.41, 5.74) is 0.376. The number of aliphatic hydroxyl groups excluding tert-OH is 1. The van der Waals surface area contributed by atoms with Crippen LogP contribution in [0.15, 0.2) is 22.7 Å². The number of aliphatic hydroxyl groups is 1. The van der Waals surface area contributed by atoms with E-state index in [0.717, 1.165) is 11.5 Å². The minimum absolute atomic E-state index is 0.355. The summed E-state index contributed by atoms with van der Waals surface area (Å²) in [6.45, 7) is 2.07. The van der Waals surface area contributed by atoms with Crippen molar-refractivity contribution in [3.8, 4) is 0 Å². The monoisotopic (exact) mass is 292 g/mol. The van der Waals surface area contributed by atoms with Crippen LogP contribution in [0.2, 0.25) is 0 Å². The molecule has 1 nitrogen and oxygen atoms in total. The van der Waals surface area contributed by atoms with Crippen molar-refractivity contribution >= 4 is 27.7 Å². The van der Waals surface area contributed by atoms with Crippen LogP contribution in [0.5, 0.6) is 0 Å². The lowest BCUT2D eigenvalue weighted by molar-refractivity contribution is 0.170. The van der Waals surface area contributed by atoms with E-state index in [9.17, 15) is 9.50 Å². The predicted octanol–water partition coefficient (Wildman–Crippen LogP) is 3.76. The van der Waals surface area contributed by atoms with Gasteiger partial charge in [-0.05, 0) is 39.9 Å². The number of rotatable bonds is 5. The Hall–Kier alpha value is -0.0600. The summed E-state index contributed by atoms with van der Waals surface area (Å²) in [6, 6.07) is 4.99. The van der Waals surface area contributed by atoms with Crippen LogP contribution in [-0.4, -0.2) is 16.6 Å². The summed E-state index contributed by atoms with van der Waals surface area (Å²) < 4.78 is 14.0. The molecule has 0 saturated heterocycles. The summed E-state index contributed by atoms with van der Waals surface area (Å²) >= 11 is 4.85. The molecule has 0 saturated carbocycles. The molecule has 0 amide bonds. The average Bonchev–Trinajstić information content (AvgIpc) is 2.22. The van der Waals surface area contributed by atoms with E-state index >= 15 is 0 Å². The molecule has 15 heavy (non-hydrogen) atoms. The fourth-order valence-corrected chi connectivity index (χ4v) is 2.33. The van der Waals surface area contributed by atoms with Gasteiger partial charge in [-0.15, -0.1) is 0 Å². The molecule has 0 aliphatic carbocycles. The molecule has 1 atom stereocenters. The molecule has 0 aliphatic rings. The Morgan fingerprint density at radius 1 is 1.53 bits per heavy atom. The standard InChI is InChI=1S/C11H14BrFOS/c1-2-15-7-6-10(14)8-4-3-5-9(12)11(8)13/h3-5,10,14H,2,6-7H2,1H3. The zero-order valence-electron chi connectivity index (χ0n) is 8.54. The van der Waals surface area contributed by atoms with Crippen molar-refractivity contribution in [2.75, 3.05) is 11.5 Å².